The fraction of sp³-hybridized carbons (Fsp3) is 0.500. The van der Waals surface area contributed by atoms with Crippen molar-refractivity contribution in [3.63, 3.8) is 0 Å². The summed E-state index contributed by atoms with van der Waals surface area (Å²) in [6.07, 6.45) is 1.73. The fourth-order valence-electron chi connectivity index (χ4n) is 2.56. The molecular formula is C14H18Cl2N2O2. The van der Waals surface area contributed by atoms with Gasteiger partial charge in [-0.2, -0.15) is 0 Å². The number of hydrogen-bond donors (Lipinski definition) is 1. The first-order valence-corrected chi connectivity index (χ1v) is 7.30. The molecule has 0 radical (unpaired) electrons. The topological polar surface area (TPSA) is 55.6 Å². The Morgan fingerprint density at radius 3 is 2.60 bits per heavy atom. The van der Waals surface area contributed by atoms with Gasteiger partial charge in [0.1, 0.15) is 0 Å². The molecule has 0 spiro atoms. The first kappa shape index (κ1) is 15.6. The summed E-state index contributed by atoms with van der Waals surface area (Å²) < 4.78 is 5.36. The molecule has 1 heterocycles. The molecule has 2 N–H and O–H groups in total. The Morgan fingerprint density at radius 2 is 2.05 bits per heavy atom. The van der Waals surface area contributed by atoms with Gasteiger partial charge in [-0.15, -0.1) is 0 Å². The van der Waals surface area contributed by atoms with Crippen LogP contribution in [0.25, 0.3) is 0 Å². The van der Waals surface area contributed by atoms with E-state index in [2.05, 4.69) is 0 Å². The van der Waals surface area contributed by atoms with Gasteiger partial charge in [0.05, 0.1) is 6.10 Å². The standard InChI is InChI=1S/C14H18Cl2N2O2/c1-20-13-2-3-18(12(7-13)8-17)14(19)9-4-10(15)6-11(16)5-9/h4-6,12-13H,2-3,7-8,17H2,1H3. The first-order chi connectivity index (χ1) is 9.55. The van der Waals surface area contributed by atoms with E-state index in [9.17, 15) is 4.79 Å². The third kappa shape index (κ3) is 3.44. The summed E-state index contributed by atoms with van der Waals surface area (Å²) in [6, 6.07) is 4.86. The van der Waals surface area contributed by atoms with Gasteiger partial charge in [-0.05, 0) is 31.0 Å². The Bertz CT molecular complexity index is 476. The number of hydrogen-bond acceptors (Lipinski definition) is 3. The molecule has 4 nitrogen and oxygen atoms in total. The fourth-order valence-corrected chi connectivity index (χ4v) is 3.09. The smallest absolute Gasteiger partial charge is 0.254 e. The summed E-state index contributed by atoms with van der Waals surface area (Å²) in [6.45, 7) is 1.04. The van der Waals surface area contributed by atoms with Crippen molar-refractivity contribution in [2.24, 2.45) is 5.73 Å². The van der Waals surface area contributed by atoms with Gasteiger partial charge in [-0.1, -0.05) is 23.2 Å². The Balaban J connectivity index is 2.19. The summed E-state index contributed by atoms with van der Waals surface area (Å²) in [5.41, 5.74) is 6.28. The number of halogens is 2. The number of ether oxygens (including phenoxy) is 1. The van der Waals surface area contributed by atoms with Crippen molar-refractivity contribution in [1.29, 1.82) is 0 Å². The van der Waals surface area contributed by atoms with Crippen molar-refractivity contribution in [3.05, 3.63) is 33.8 Å². The third-order valence-corrected chi connectivity index (χ3v) is 4.08. The van der Waals surface area contributed by atoms with Crippen LogP contribution in [0.1, 0.15) is 23.2 Å². The molecule has 6 heteroatoms. The van der Waals surface area contributed by atoms with Crippen molar-refractivity contribution in [2.45, 2.75) is 25.0 Å². The zero-order valence-corrected chi connectivity index (χ0v) is 12.8. The second-order valence-corrected chi connectivity index (χ2v) is 5.80. The zero-order chi connectivity index (χ0) is 14.7. The van der Waals surface area contributed by atoms with Crippen LogP contribution in [0.2, 0.25) is 10.0 Å². The van der Waals surface area contributed by atoms with E-state index in [1.165, 1.54) is 0 Å². The number of benzene rings is 1. The van der Waals surface area contributed by atoms with Crippen LogP contribution in [0.15, 0.2) is 18.2 Å². The van der Waals surface area contributed by atoms with E-state index in [1.807, 2.05) is 0 Å². The van der Waals surface area contributed by atoms with Crippen molar-refractivity contribution in [2.75, 3.05) is 20.2 Å². The zero-order valence-electron chi connectivity index (χ0n) is 11.3. The number of carbonyl (C=O) groups excluding carboxylic acids is 1. The predicted molar refractivity (Wildman–Crippen MR) is 80.4 cm³/mol. The molecule has 2 atom stereocenters. The van der Waals surface area contributed by atoms with Gasteiger partial charge < -0.3 is 15.4 Å². The summed E-state index contributed by atoms with van der Waals surface area (Å²) in [7, 11) is 1.69. The number of nitrogens with zero attached hydrogens (tertiary/aromatic N) is 1. The highest BCUT2D eigenvalue weighted by Gasteiger charge is 2.31. The minimum Gasteiger partial charge on any atom is -0.381 e. The predicted octanol–water partition coefficient (Wildman–Crippen LogP) is 2.57. The first-order valence-electron chi connectivity index (χ1n) is 6.55. The van der Waals surface area contributed by atoms with E-state index in [1.54, 1.807) is 30.2 Å². The summed E-state index contributed by atoms with van der Waals surface area (Å²) in [5.74, 6) is -0.0839. The van der Waals surface area contributed by atoms with Crippen molar-refractivity contribution in [3.8, 4) is 0 Å². The van der Waals surface area contributed by atoms with Crippen LogP contribution in [-0.4, -0.2) is 43.2 Å². The van der Waals surface area contributed by atoms with Gasteiger partial charge in [0.25, 0.3) is 5.91 Å². The highest BCUT2D eigenvalue weighted by molar-refractivity contribution is 6.35. The second kappa shape index (κ2) is 6.76. The molecule has 0 bridgehead atoms. The molecule has 1 amide bonds. The molecule has 2 unspecified atom stereocenters. The van der Waals surface area contributed by atoms with Crippen molar-refractivity contribution in [1.82, 2.24) is 4.90 Å². The highest BCUT2D eigenvalue weighted by Crippen LogP contribution is 2.24. The van der Waals surface area contributed by atoms with Crippen LogP contribution in [0, 0.1) is 0 Å². The minimum atomic E-state index is -0.0839. The maximum atomic E-state index is 12.6. The largest absolute Gasteiger partial charge is 0.381 e. The number of rotatable bonds is 3. The summed E-state index contributed by atoms with van der Waals surface area (Å²) in [4.78, 5) is 14.4. The molecule has 0 aromatic heterocycles. The lowest BCUT2D eigenvalue weighted by Crippen LogP contribution is -2.51. The van der Waals surface area contributed by atoms with E-state index >= 15 is 0 Å². The molecule has 110 valence electrons. The number of nitrogens with two attached hydrogens (primary N) is 1. The number of carbonyl (C=O) groups is 1. The lowest BCUT2D eigenvalue weighted by atomic mass is 9.98. The van der Waals surface area contributed by atoms with Crippen LogP contribution >= 0.6 is 23.2 Å². The lowest BCUT2D eigenvalue weighted by molar-refractivity contribution is 0.0139. The van der Waals surface area contributed by atoms with Gasteiger partial charge in [0, 0.05) is 41.8 Å². The van der Waals surface area contributed by atoms with E-state index in [4.69, 9.17) is 33.7 Å². The molecular weight excluding hydrogens is 299 g/mol. The molecule has 1 aliphatic heterocycles. The SMILES string of the molecule is COC1CCN(C(=O)c2cc(Cl)cc(Cl)c2)C(CN)C1. The quantitative estimate of drug-likeness (QED) is 0.932. The van der Waals surface area contributed by atoms with Crippen LogP contribution < -0.4 is 5.73 Å². The van der Waals surface area contributed by atoms with Crippen molar-refractivity contribution < 1.29 is 9.53 Å². The molecule has 1 fully saturated rings. The van der Waals surface area contributed by atoms with Crippen LogP contribution in [0.4, 0.5) is 0 Å². The molecule has 0 aliphatic carbocycles. The lowest BCUT2D eigenvalue weighted by Gasteiger charge is -2.38. The van der Waals surface area contributed by atoms with Gasteiger partial charge in [-0.3, -0.25) is 4.79 Å². The van der Waals surface area contributed by atoms with Crippen LogP contribution in [0.5, 0.6) is 0 Å². The molecule has 2 rings (SSSR count). The highest BCUT2D eigenvalue weighted by atomic mass is 35.5. The summed E-state index contributed by atoms with van der Waals surface area (Å²) in [5, 5.41) is 0.911. The van der Waals surface area contributed by atoms with Gasteiger partial charge in [0.2, 0.25) is 0 Å². The van der Waals surface area contributed by atoms with E-state index < -0.39 is 0 Å². The van der Waals surface area contributed by atoms with Crippen LogP contribution in [0.3, 0.4) is 0 Å². The molecule has 1 aliphatic rings. The number of piperidine rings is 1. The third-order valence-electron chi connectivity index (χ3n) is 3.64. The number of amides is 1. The molecule has 1 aromatic rings. The monoisotopic (exact) mass is 316 g/mol. The Labute approximate surface area is 128 Å². The van der Waals surface area contributed by atoms with Gasteiger partial charge in [-0.25, -0.2) is 0 Å². The Kier molecular flexibility index (Phi) is 5.27. The summed E-state index contributed by atoms with van der Waals surface area (Å²) >= 11 is 11.9. The van der Waals surface area contributed by atoms with E-state index in [0.717, 1.165) is 12.8 Å². The van der Waals surface area contributed by atoms with E-state index in [0.29, 0.717) is 28.7 Å². The molecule has 1 saturated heterocycles. The number of methoxy groups -OCH3 is 1. The van der Waals surface area contributed by atoms with Crippen molar-refractivity contribution >= 4 is 29.1 Å². The maximum absolute atomic E-state index is 12.6. The van der Waals surface area contributed by atoms with Crippen LogP contribution in [-0.2, 0) is 4.74 Å². The number of likely N-dealkylation sites (tertiary alicyclic amines) is 1. The van der Waals surface area contributed by atoms with Gasteiger partial charge >= 0.3 is 0 Å². The van der Waals surface area contributed by atoms with E-state index in [-0.39, 0.29) is 18.1 Å². The second-order valence-electron chi connectivity index (χ2n) is 4.93. The average Bonchev–Trinajstić information content (AvgIpc) is 2.44. The van der Waals surface area contributed by atoms with Gasteiger partial charge in [0.15, 0.2) is 0 Å². The molecule has 1 aromatic carbocycles. The Hall–Kier alpha value is -0.810. The normalized spacial score (nSPS) is 22.9. The molecule has 0 saturated carbocycles. The minimum absolute atomic E-state index is 0.0149. The average molecular weight is 317 g/mol. The Morgan fingerprint density at radius 1 is 1.40 bits per heavy atom. The molecule has 20 heavy (non-hydrogen) atoms. The maximum Gasteiger partial charge on any atom is 0.254 e.